The van der Waals surface area contributed by atoms with E-state index >= 15 is 0 Å². The lowest BCUT2D eigenvalue weighted by atomic mass is 9.99. The average molecular weight is 242 g/mol. The highest BCUT2D eigenvalue weighted by Crippen LogP contribution is 2.16. The summed E-state index contributed by atoms with van der Waals surface area (Å²) in [6, 6.07) is 0.224. The molecular formula is C13H26N2O2. The van der Waals surface area contributed by atoms with Gasteiger partial charge in [0.15, 0.2) is 0 Å². The molecule has 1 aliphatic rings. The largest absolute Gasteiger partial charge is 0.393 e. The van der Waals surface area contributed by atoms with Crippen LogP contribution in [0, 0.1) is 5.92 Å². The Morgan fingerprint density at radius 3 is 2.47 bits per heavy atom. The molecule has 0 aromatic heterocycles. The molecule has 1 heterocycles. The standard InChI is InChI=1S/C13H26N2O2/c1-10(4-3-5-11(2)14)13(17)15-8-6-12(16)7-9-15/h10-12,16H,3-9,14H2,1-2H3. The molecule has 0 spiro atoms. The molecule has 1 fully saturated rings. The van der Waals surface area contributed by atoms with Gasteiger partial charge in [-0.3, -0.25) is 4.79 Å². The molecular weight excluding hydrogens is 216 g/mol. The van der Waals surface area contributed by atoms with Gasteiger partial charge in [-0.25, -0.2) is 0 Å². The third-order valence-electron chi connectivity index (χ3n) is 3.49. The lowest BCUT2D eigenvalue weighted by Gasteiger charge is -2.31. The second-order valence-corrected chi connectivity index (χ2v) is 5.37. The first kappa shape index (κ1) is 14.5. The van der Waals surface area contributed by atoms with Crippen molar-refractivity contribution < 1.29 is 9.90 Å². The predicted octanol–water partition coefficient (Wildman–Crippen LogP) is 1.12. The van der Waals surface area contributed by atoms with Gasteiger partial charge in [0.2, 0.25) is 5.91 Å². The summed E-state index contributed by atoms with van der Waals surface area (Å²) in [5.74, 6) is 0.325. The smallest absolute Gasteiger partial charge is 0.225 e. The number of nitrogens with two attached hydrogens (primary N) is 1. The Hall–Kier alpha value is -0.610. The van der Waals surface area contributed by atoms with Gasteiger partial charge >= 0.3 is 0 Å². The second-order valence-electron chi connectivity index (χ2n) is 5.37. The third-order valence-corrected chi connectivity index (χ3v) is 3.49. The van der Waals surface area contributed by atoms with Crippen LogP contribution in [0.5, 0.6) is 0 Å². The van der Waals surface area contributed by atoms with Gasteiger partial charge in [0.05, 0.1) is 6.10 Å². The summed E-state index contributed by atoms with van der Waals surface area (Å²) >= 11 is 0. The van der Waals surface area contributed by atoms with Gasteiger partial charge in [-0.2, -0.15) is 0 Å². The van der Waals surface area contributed by atoms with Gasteiger partial charge < -0.3 is 15.7 Å². The Morgan fingerprint density at radius 1 is 1.35 bits per heavy atom. The van der Waals surface area contributed by atoms with Crippen LogP contribution < -0.4 is 5.73 Å². The van der Waals surface area contributed by atoms with Crippen molar-refractivity contribution in [2.24, 2.45) is 11.7 Å². The lowest BCUT2D eigenvalue weighted by molar-refractivity contribution is -0.137. The number of likely N-dealkylation sites (tertiary alicyclic amines) is 1. The highest BCUT2D eigenvalue weighted by atomic mass is 16.3. The van der Waals surface area contributed by atoms with Crippen LogP contribution in [0.15, 0.2) is 0 Å². The number of rotatable bonds is 5. The zero-order valence-electron chi connectivity index (χ0n) is 11.1. The van der Waals surface area contributed by atoms with E-state index in [9.17, 15) is 9.90 Å². The van der Waals surface area contributed by atoms with Crippen LogP contribution in [0.25, 0.3) is 0 Å². The number of aliphatic hydroxyl groups is 1. The number of carbonyl (C=O) groups excluding carboxylic acids is 1. The summed E-state index contributed by atoms with van der Waals surface area (Å²) in [6.45, 7) is 5.41. The molecule has 0 saturated carbocycles. The molecule has 0 aromatic carbocycles. The first-order valence-corrected chi connectivity index (χ1v) is 6.73. The second kappa shape index (κ2) is 6.97. The van der Waals surface area contributed by atoms with E-state index in [1.807, 2.05) is 18.7 Å². The summed E-state index contributed by atoms with van der Waals surface area (Å²) in [5.41, 5.74) is 5.69. The Labute approximate surface area is 104 Å². The molecule has 3 N–H and O–H groups in total. The molecule has 2 unspecified atom stereocenters. The molecule has 0 aromatic rings. The van der Waals surface area contributed by atoms with Crippen LogP contribution in [-0.4, -0.2) is 41.1 Å². The SMILES string of the molecule is CC(N)CCCC(C)C(=O)N1CCC(O)CC1. The maximum absolute atomic E-state index is 12.1. The van der Waals surface area contributed by atoms with Crippen LogP contribution in [0.2, 0.25) is 0 Å². The number of piperidine rings is 1. The van der Waals surface area contributed by atoms with Crippen LogP contribution in [0.1, 0.15) is 46.0 Å². The zero-order valence-corrected chi connectivity index (χ0v) is 11.1. The molecule has 1 amide bonds. The molecule has 0 aliphatic carbocycles. The van der Waals surface area contributed by atoms with Crippen LogP contribution >= 0.6 is 0 Å². The number of hydrogen-bond donors (Lipinski definition) is 2. The Morgan fingerprint density at radius 2 is 1.94 bits per heavy atom. The van der Waals surface area contributed by atoms with E-state index in [0.29, 0.717) is 13.1 Å². The first-order chi connectivity index (χ1) is 8.00. The molecule has 0 radical (unpaired) electrons. The highest BCUT2D eigenvalue weighted by Gasteiger charge is 2.24. The minimum atomic E-state index is -0.215. The highest BCUT2D eigenvalue weighted by molar-refractivity contribution is 5.78. The van der Waals surface area contributed by atoms with Gasteiger partial charge in [-0.15, -0.1) is 0 Å². The molecule has 0 bridgehead atoms. The maximum atomic E-state index is 12.1. The Bertz CT molecular complexity index is 236. The Kier molecular flexibility index (Phi) is 5.92. The van der Waals surface area contributed by atoms with Crippen LogP contribution in [0.4, 0.5) is 0 Å². The number of hydrogen-bond acceptors (Lipinski definition) is 3. The van der Waals surface area contributed by atoms with Gasteiger partial charge in [0.25, 0.3) is 0 Å². The lowest BCUT2D eigenvalue weighted by Crippen LogP contribution is -2.42. The van der Waals surface area contributed by atoms with Crippen molar-refractivity contribution in [2.75, 3.05) is 13.1 Å². The minimum Gasteiger partial charge on any atom is -0.393 e. The molecule has 1 aliphatic heterocycles. The average Bonchev–Trinajstić information content (AvgIpc) is 2.28. The quantitative estimate of drug-likeness (QED) is 0.759. The molecule has 17 heavy (non-hydrogen) atoms. The van der Waals surface area contributed by atoms with E-state index < -0.39 is 0 Å². The summed E-state index contributed by atoms with van der Waals surface area (Å²) in [7, 11) is 0. The van der Waals surface area contributed by atoms with Crippen molar-refractivity contribution >= 4 is 5.91 Å². The summed E-state index contributed by atoms with van der Waals surface area (Å²) in [5, 5.41) is 9.40. The maximum Gasteiger partial charge on any atom is 0.225 e. The Balaban J connectivity index is 2.26. The summed E-state index contributed by atoms with van der Waals surface area (Å²) < 4.78 is 0. The molecule has 4 heteroatoms. The van der Waals surface area contributed by atoms with E-state index in [-0.39, 0.29) is 24.0 Å². The fourth-order valence-corrected chi connectivity index (χ4v) is 2.27. The monoisotopic (exact) mass is 242 g/mol. The fourth-order valence-electron chi connectivity index (χ4n) is 2.27. The van der Waals surface area contributed by atoms with E-state index in [0.717, 1.165) is 32.1 Å². The van der Waals surface area contributed by atoms with Crippen molar-refractivity contribution in [2.45, 2.75) is 58.1 Å². The number of aliphatic hydroxyl groups excluding tert-OH is 1. The third kappa shape index (κ3) is 5.04. The van der Waals surface area contributed by atoms with Crippen molar-refractivity contribution in [3.63, 3.8) is 0 Å². The zero-order chi connectivity index (χ0) is 12.8. The van der Waals surface area contributed by atoms with E-state index in [1.165, 1.54) is 0 Å². The molecule has 1 rings (SSSR count). The topological polar surface area (TPSA) is 66.6 Å². The minimum absolute atomic E-state index is 0.0870. The van der Waals surface area contributed by atoms with Crippen molar-refractivity contribution in [3.05, 3.63) is 0 Å². The van der Waals surface area contributed by atoms with E-state index in [1.54, 1.807) is 0 Å². The summed E-state index contributed by atoms with van der Waals surface area (Å²) in [6.07, 6.45) is 4.14. The normalized spacial score (nSPS) is 21.3. The van der Waals surface area contributed by atoms with Gasteiger partial charge in [0.1, 0.15) is 0 Å². The van der Waals surface area contributed by atoms with Crippen LogP contribution in [-0.2, 0) is 4.79 Å². The fraction of sp³-hybridized carbons (Fsp3) is 0.923. The van der Waals surface area contributed by atoms with Gasteiger partial charge in [-0.05, 0) is 32.6 Å². The van der Waals surface area contributed by atoms with Crippen molar-refractivity contribution in [3.8, 4) is 0 Å². The number of amides is 1. The molecule has 1 saturated heterocycles. The molecule has 100 valence electrons. The van der Waals surface area contributed by atoms with E-state index in [4.69, 9.17) is 5.73 Å². The molecule has 2 atom stereocenters. The van der Waals surface area contributed by atoms with Gasteiger partial charge in [-0.1, -0.05) is 13.3 Å². The molecule has 4 nitrogen and oxygen atoms in total. The van der Waals surface area contributed by atoms with E-state index in [2.05, 4.69) is 0 Å². The van der Waals surface area contributed by atoms with Crippen molar-refractivity contribution in [1.82, 2.24) is 4.90 Å². The number of nitrogens with zero attached hydrogens (tertiary/aromatic N) is 1. The number of carbonyl (C=O) groups is 1. The van der Waals surface area contributed by atoms with Crippen molar-refractivity contribution in [1.29, 1.82) is 0 Å². The predicted molar refractivity (Wildman–Crippen MR) is 68.5 cm³/mol. The van der Waals surface area contributed by atoms with Crippen LogP contribution in [0.3, 0.4) is 0 Å². The van der Waals surface area contributed by atoms with Gasteiger partial charge in [0, 0.05) is 25.0 Å². The first-order valence-electron chi connectivity index (χ1n) is 6.73. The summed E-state index contributed by atoms with van der Waals surface area (Å²) in [4.78, 5) is 14.0.